The molecular weight excluding hydrogens is 174 g/mol. The number of hydrogen-bond acceptors (Lipinski definition) is 1. The monoisotopic (exact) mass is 191 g/mol. The van der Waals surface area contributed by atoms with Crippen LogP contribution in [0.1, 0.15) is 18.9 Å². The fourth-order valence-corrected chi connectivity index (χ4v) is 1.42. The van der Waals surface area contributed by atoms with E-state index in [0.717, 1.165) is 32.3 Å². The zero-order valence-electron chi connectivity index (χ0n) is 8.65. The second-order valence-corrected chi connectivity index (χ2v) is 3.38. The van der Waals surface area contributed by atoms with Crippen molar-refractivity contribution in [1.29, 1.82) is 0 Å². The van der Waals surface area contributed by atoms with E-state index in [1.807, 2.05) is 23.1 Å². The molecule has 14 heavy (non-hydrogen) atoms. The molecule has 0 saturated carbocycles. The van der Waals surface area contributed by atoms with Crippen LogP contribution in [0, 0.1) is 0 Å². The van der Waals surface area contributed by atoms with Crippen LogP contribution in [-0.4, -0.2) is 24.4 Å². The Morgan fingerprint density at radius 2 is 1.93 bits per heavy atom. The van der Waals surface area contributed by atoms with Crippen molar-refractivity contribution in [3.05, 3.63) is 35.9 Å². The van der Waals surface area contributed by atoms with Gasteiger partial charge >= 0.3 is 0 Å². The fourth-order valence-electron chi connectivity index (χ4n) is 1.42. The SMILES string of the molecule is CCCN(C=O)CCc1ccccc1. The Balaban J connectivity index is 2.35. The molecule has 0 radical (unpaired) electrons. The van der Waals surface area contributed by atoms with Crippen molar-refractivity contribution >= 4 is 6.41 Å². The number of benzene rings is 1. The van der Waals surface area contributed by atoms with E-state index < -0.39 is 0 Å². The van der Waals surface area contributed by atoms with Crippen molar-refractivity contribution in [2.24, 2.45) is 0 Å². The van der Waals surface area contributed by atoms with Gasteiger partial charge in [0.2, 0.25) is 6.41 Å². The number of hydrogen-bond donors (Lipinski definition) is 0. The molecule has 1 amide bonds. The molecule has 0 saturated heterocycles. The minimum atomic E-state index is 0.821. The van der Waals surface area contributed by atoms with Crippen molar-refractivity contribution in [3.8, 4) is 0 Å². The molecule has 0 aliphatic rings. The van der Waals surface area contributed by atoms with Gasteiger partial charge in [-0.2, -0.15) is 0 Å². The van der Waals surface area contributed by atoms with Gasteiger partial charge in [0, 0.05) is 13.1 Å². The van der Waals surface area contributed by atoms with E-state index >= 15 is 0 Å². The molecule has 0 atom stereocenters. The summed E-state index contributed by atoms with van der Waals surface area (Å²) in [5.74, 6) is 0. The van der Waals surface area contributed by atoms with Crippen molar-refractivity contribution < 1.29 is 4.79 Å². The quantitative estimate of drug-likeness (QED) is 0.630. The lowest BCUT2D eigenvalue weighted by Gasteiger charge is -2.15. The molecule has 76 valence electrons. The molecule has 1 aromatic carbocycles. The van der Waals surface area contributed by atoms with Crippen LogP contribution in [0.4, 0.5) is 0 Å². The lowest BCUT2D eigenvalue weighted by atomic mass is 10.1. The van der Waals surface area contributed by atoms with E-state index in [4.69, 9.17) is 0 Å². The minimum Gasteiger partial charge on any atom is -0.345 e. The first-order valence-electron chi connectivity index (χ1n) is 5.10. The third-order valence-corrected chi connectivity index (χ3v) is 2.19. The van der Waals surface area contributed by atoms with Gasteiger partial charge < -0.3 is 4.90 Å². The first-order valence-corrected chi connectivity index (χ1v) is 5.10. The summed E-state index contributed by atoms with van der Waals surface area (Å²) in [6.07, 6.45) is 2.90. The van der Waals surface area contributed by atoms with Gasteiger partial charge in [-0.3, -0.25) is 4.79 Å². The third-order valence-electron chi connectivity index (χ3n) is 2.19. The van der Waals surface area contributed by atoms with Gasteiger partial charge in [0.05, 0.1) is 0 Å². The van der Waals surface area contributed by atoms with Crippen molar-refractivity contribution in [2.45, 2.75) is 19.8 Å². The maximum Gasteiger partial charge on any atom is 0.209 e. The van der Waals surface area contributed by atoms with Crippen LogP contribution in [0.25, 0.3) is 0 Å². The van der Waals surface area contributed by atoms with Gasteiger partial charge in [-0.25, -0.2) is 0 Å². The average Bonchev–Trinajstić information content (AvgIpc) is 2.25. The molecular formula is C12H17NO. The number of amides is 1. The Hall–Kier alpha value is -1.31. The van der Waals surface area contributed by atoms with Crippen LogP contribution >= 0.6 is 0 Å². The lowest BCUT2D eigenvalue weighted by molar-refractivity contribution is -0.118. The lowest BCUT2D eigenvalue weighted by Crippen LogP contribution is -2.25. The molecule has 0 aliphatic heterocycles. The highest BCUT2D eigenvalue weighted by Gasteiger charge is 1.99. The van der Waals surface area contributed by atoms with Gasteiger partial charge in [-0.1, -0.05) is 37.3 Å². The second-order valence-electron chi connectivity index (χ2n) is 3.38. The van der Waals surface area contributed by atoms with Gasteiger partial charge in [-0.15, -0.1) is 0 Å². The van der Waals surface area contributed by atoms with Gasteiger partial charge in [0.15, 0.2) is 0 Å². The summed E-state index contributed by atoms with van der Waals surface area (Å²) >= 11 is 0. The fraction of sp³-hybridized carbons (Fsp3) is 0.417. The van der Waals surface area contributed by atoms with Crippen LogP contribution < -0.4 is 0 Å². The third kappa shape index (κ3) is 3.60. The highest BCUT2D eigenvalue weighted by molar-refractivity contribution is 5.46. The van der Waals surface area contributed by atoms with E-state index in [1.54, 1.807) is 0 Å². The molecule has 0 unspecified atom stereocenters. The Morgan fingerprint density at radius 1 is 1.21 bits per heavy atom. The van der Waals surface area contributed by atoms with E-state index in [-0.39, 0.29) is 0 Å². The highest BCUT2D eigenvalue weighted by Crippen LogP contribution is 2.00. The van der Waals surface area contributed by atoms with Crippen molar-refractivity contribution in [1.82, 2.24) is 4.90 Å². The number of carbonyl (C=O) groups is 1. The first-order chi connectivity index (χ1) is 6.86. The summed E-state index contributed by atoms with van der Waals surface area (Å²) in [4.78, 5) is 12.5. The molecule has 0 heterocycles. The van der Waals surface area contributed by atoms with Crippen LogP contribution in [0.15, 0.2) is 30.3 Å². The summed E-state index contributed by atoms with van der Waals surface area (Å²) in [5, 5.41) is 0. The minimum absolute atomic E-state index is 0.821. The maximum atomic E-state index is 10.6. The molecule has 0 N–H and O–H groups in total. The van der Waals surface area contributed by atoms with E-state index in [2.05, 4.69) is 19.1 Å². The molecule has 0 fully saturated rings. The summed E-state index contributed by atoms with van der Waals surface area (Å²) in [6.45, 7) is 3.76. The second kappa shape index (κ2) is 6.19. The summed E-state index contributed by atoms with van der Waals surface area (Å²) in [5.41, 5.74) is 1.29. The van der Waals surface area contributed by atoms with Crippen LogP contribution in [-0.2, 0) is 11.2 Å². The molecule has 0 aromatic heterocycles. The molecule has 2 heteroatoms. The first kappa shape index (κ1) is 10.8. The van der Waals surface area contributed by atoms with Crippen LogP contribution in [0.5, 0.6) is 0 Å². The average molecular weight is 191 g/mol. The van der Waals surface area contributed by atoms with E-state index in [9.17, 15) is 4.79 Å². The Kier molecular flexibility index (Phi) is 4.76. The zero-order valence-corrected chi connectivity index (χ0v) is 8.65. The number of rotatable bonds is 6. The molecule has 0 aliphatic carbocycles. The van der Waals surface area contributed by atoms with Crippen molar-refractivity contribution in [3.63, 3.8) is 0 Å². The largest absolute Gasteiger partial charge is 0.345 e. The Labute approximate surface area is 85.5 Å². The summed E-state index contributed by atoms with van der Waals surface area (Å²) < 4.78 is 0. The zero-order chi connectivity index (χ0) is 10.2. The Morgan fingerprint density at radius 3 is 2.50 bits per heavy atom. The molecule has 2 nitrogen and oxygen atoms in total. The molecule has 1 rings (SSSR count). The maximum absolute atomic E-state index is 10.6. The predicted octanol–water partition coefficient (Wildman–Crippen LogP) is 2.10. The number of carbonyl (C=O) groups excluding carboxylic acids is 1. The Bertz CT molecular complexity index is 258. The van der Waals surface area contributed by atoms with Crippen molar-refractivity contribution in [2.75, 3.05) is 13.1 Å². The van der Waals surface area contributed by atoms with Crippen LogP contribution in [0.3, 0.4) is 0 Å². The highest BCUT2D eigenvalue weighted by atomic mass is 16.1. The predicted molar refractivity (Wildman–Crippen MR) is 58.1 cm³/mol. The summed E-state index contributed by atoms with van der Waals surface area (Å²) in [6, 6.07) is 10.2. The molecule has 0 spiro atoms. The normalized spacial score (nSPS) is 9.79. The molecule has 0 bridgehead atoms. The van der Waals surface area contributed by atoms with E-state index in [1.165, 1.54) is 5.56 Å². The molecule has 1 aromatic rings. The van der Waals surface area contributed by atoms with Gasteiger partial charge in [-0.05, 0) is 18.4 Å². The van der Waals surface area contributed by atoms with E-state index in [0.29, 0.717) is 0 Å². The summed E-state index contributed by atoms with van der Waals surface area (Å²) in [7, 11) is 0. The smallest absolute Gasteiger partial charge is 0.209 e. The number of nitrogens with zero attached hydrogens (tertiary/aromatic N) is 1. The van der Waals surface area contributed by atoms with Gasteiger partial charge in [0.1, 0.15) is 0 Å². The standard InChI is InChI=1S/C12H17NO/c1-2-9-13(11-14)10-8-12-6-4-3-5-7-12/h3-7,11H,2,8-10H2,1H3. The van der Waals surface area contributed by atoms with Crippen LogP contribution in [0.2, 0.25) is 0 Å². The van der Waals surface area contributed by atoms with Gasteiger partial charge in [0.25, 0.3) is 0 Å². The topological polar surface area (TPSA) is 20.3 Å².